The fourth-order valence-corrected chi connectivity index (χ4v) is 2.54. The molecule has 0 heterocycles. The van der Waals surface area contributed by atoms with Gasteiger partial charge < -0.3 is 4.48 Å². The predicted molar refractivity (Wildman–Crippen MR) is 79.4 cm³/mol. The first kappa shape index (κ1) is 17.0. The van der Waals surface area contributed by atoms with E-state index in [1.165, 1.54) is 81.9 Å². The summed E-state index contributed by atoms with van der Waals surface area (Å²) < 4.78 is 1.33. The molecule has 1 heteroatoms. The smallest absolute Gasteiger partial charge is 0.0784 e. The summed E-state index contributed by atoms with van der Waals surface area (Å²) in [5, 5.41) is 0. The standard InChI is InChI=1S/C16H36N/c1-5-8-11-13-16-17(4,14-10-7-3)15-12-9-6-2/h5-16H2,1-4H3/q+1. The number of nitrogens with zero attached hydrogens (tertiary/aromatic N) is 1. The van der Waals surface area contributed by atoms with Crippen LogP contribution in [0.2, 0.25) is 0 Å². The number of quaternary nitrogens is 1. The minimum Gasteiger partial charge on any atom is -0.326 e. The first-order valence-corrected chi connectivity index (χ1v) is 8.02. The number of rotatable bonds is 12. The third kappa shape index (κ3) is 9.64. The Hall–Kier alpha value is -0.0400. The summed E-state index contributed by atoms with van der Waals surface area (Å²) in [5.74, 6) is 0. The van der Waals surface area contributed by atoms with E-state index < -0.39 is 0 Å². The van der Waals surface area contributed by atoms with Crippen molar-refractivity contribution in [2.24, 2.45) is 0 Å². The van der Waals surface area contributed by atoms with Gasteiger partial charge in [0.2, 0.25) is 0 Å². The minimum atomic E-state index is 1.33. The Kier molecular flexibility index (Phi) is 11.0. The zero-order valence-electron chi connectivity index (χ0n) is 12.9. The number of hydrogen-bond acceptors (Lipinski definition) is 0. The van der Waals surface area contributed by atoms with E-state index in [4.69, 9.17) is 0 Å². The second kappa shape index (κ2) is 11.1. The van der Waals surface area contributed by atoms with Crippen LogP contribution in [0.4, 0.5) is 0 Å². The first-order valence-electron chi connectivity index (χ1n) is 8.02. The second-order valence-electron chi connectivity index (χ2n) is 5.91. The normalized spacial score (nSPS) is 14.8. The van der Waals surface area contributed by atoms with Crippen LogP contribution in [0.5, 0.6) is 0 Å². The molecule has 0 saturated carbocycles. The van der Waals surface area contributed by atoms with E-state index in [1.54, 1.807) is 0 Å². The van der Waals surface area contributed by atoms with E-state index >= 15 is 0 Å². The lowest BCUT2D eigenvalue weighted by molar-refractivity contribution is -0.910. The van der Waals surface area contributed by atoms with Crippen molar-refractivity contribution < 1.29 is 4.48 Å². The fraction of sp³-hybridized carbons (Fsp3) is 1.00. The Labute approximate surface area is 110 Å². The van der Waals surface area contributed by atoms with Gasteiger partial charge in [0.25, 0.3) is 0 Å². The van der Waals surface area contributed by atoms with E-state index in [1.807, 2.05) is 0 Å². The third-order valence-electron chi connectivity index (χ3n) is 3.90. The van der Waals surface area contributed by atoms with E-state index in [0.717, 1.165) is 0 Å². The topological polar surface area (TPSA) is 0 Å². The fourth-order valence-electron chi connectivity index (χ4n) is 2.54. The van der Waals surface area contributed by atoms with Gasteiger partial charge in [-0.25, -0.2) is 0 Å². The SMILES string of the molecule is CCCCCC[N+](C)(CCCC)CCCCC. The molecule has 0 aromatic heterocycles. The maximum Gasteiger partial charge on any atom is 0.0784 e. The number of hydrogen-bond donors (Lipinski definition) is 0. The minimum absolute atomic E-state index is 1.33. The van der Waals surface area contributed by atoms with Gasteiger partial charge in [0.15, 0.2) is 0 Å². The van der Waals surface area contributed by atoms with Crippen LogP contribution in [0.1, 0.15) is 78.6 Å². The molecular formula is C16H36N+. The van der Waals surface area contributed by atoms with Gasteiger partial charge in [0.1, 0.15) is 0 Å². The van der Waals surface area contributed by atoms with Crippen LogP contribution in [-0.2, 0) is 0 Å². The lowest BCUT2D eigenvalue weighted by atomic mass is 10.1. The van der Waals surface area contributed by atoms with Crippen molar-refractivity contribution in [3.63, 3.8) is 0 Å². The quantitative estimate of drug-likeness (QED) is 0.333. The third-order valence-corrected chi connectivity index (χ3v) is 3.90. The highest BCUT2D eigenvalue weighted by Crippen LogP contribution is 2.12. The van der Waals surface area contributed by atoms with Crippen LogP contribution in [0.25, 0.3) is 0 Å². The molecule has 0 aromatic carbocycles. The highest BCUT2D eigenvalue weighted by molar-refractivity contribution is 4.46. The average molecular weight is 242 g/mol. The van der Waals surface area contributed by atoms with Crippen molar-refractivity contribution in [3.8, 4) is 0 Å². The summed E-state index contributed by atoms with van der Waals surface area (Å²) in [6.45, 7) is 11.1. The Morgan fingerprint density at radius 2 is 0.941 bits per heavy atom. The highest BCUT2D eigenvalue weighted by Gasteiger charge is 2.19. The first-order chi connectivity index (χ1) is 8.18. The van der Waals surface area contributed by atoms with Crippen LogP contribution in [0, 0.1) is 0 Å². The lowest BCUT2D eigenvalue weighted by Crippen LogP contribution is -2.46. The predicted octanol–water partition coefficient (Wildman–Crippen LogP) is 5.00. The molecule has 0 aliphatic rings. The van der Waals surface area contributed by atoms with Crippen molar-refractivity contribution in [1.29, 1.82) is 0 Å². The van der Waals surface area contributed by atoms with Crippen LogP contribution in [0.15, 0.2) is 0 Å². The largest absolute Gasteiger partial charge is 0.326 e. The summed E-state index contributed by atoms with van der Waals surface area (Å²) in [4.78, 5) is 0. The zero-order chi connectivity index (χ0) is 13.0. The molecule has 17 heavy (non-hydrogen) atoms. The van der Waals surface area contributed by atoms with Crippen molar-refractivity contribution >= 4 is 0 Å². The summed E-state index contributed by atoms with van der Waals surface area (Å²) in [6.07, 6.45) is 12.6. The average Bonchev–Trinajstić information content (AvgIpc) is 2.33. The van der Waals surface area contributed by atoms with Gasteiger partial charge in [-0.1, -0.05) is 46.5 Å². The highest BCUT2D eigenvalue weighted by atomic mass is 15.3. The van der Waals surface area contributed by atoms with Gasteiger partial charge in [-0.3, -0.25) is 0 Å². The van der Waals surface area contributed by atoms with Crippen LogP contribution < -0.4 is 0 Å². The Bertz CT molecular complexity index is 156. The Morgan fingerprint density at radius 3 is 1.47 bits per heavy atom. The molecule has 0 aliphatic heterocycles. The summed E-state index contributed by atoms with van der Waals surface area (Å²) >= 11 is 0. The maximum atomic E-state index is 2.48. The molecular weight excluding hydrogens is 206 g/mol. The summed E-state index contributed by atoms with van der Waals surface area (Å²) in [5.41, 5.74) is 0. The summed E-state index contributed by atoms with van der Waals surface area (Å²) in [6, 6.07) is 0. The Morgan fingerprint density at radius 1 is 0.529 bits per heavy atom. The molecule has 0 rings (SSSR count). The van der Waals surface area contributed by atoms with Crippen LogP contribution >= 0.6 is 0 Å². The van der Waals surface area contributed by atoms with Gasteiger partial charge in [-0.15, -0.1) is 0 Å². The summed E-state index contributed by atoms with van der Waals surface area (Å²) in [7, 11) is 2.48. The van der Waals surface area contributed by atoms with E-state index in [2.05, 4.69) is 27.8 Å². The molecule has 0 bridgehead atoms. The van der Waals surface area contributed by atoms with E-state index in [9.17, 15) is 0 Å². The molecule has 0 N–H and O–H groups in total. The van der Waals surface area contributed by atoms with Gasteiger partial charge in [-0.05, 0) is 32.1 Å². The van der Waals surface area contributed by atoms with Gasteiger partial charge >= 0.3 is 0 Å². The van der Waals surface area contributed by atoms with Crippen LogP contribution in [0.3, 0.4) is 0 Å². The molecule has 1 unspecified atom stereocenters. The molecule has 0 aromatic rings. The monoisotopic (exact) mass is 242 g/mol. The van der Waals surface area contributed by atoms with Gasteiger partial charge in [0, 0.05) is 0 Å². The van der Waals surface area contributed by atoms with Crippen LogP contribution in [-0.4, -0.2) is 31.2 Å². The zero-order valence-corrected chi connectivity index (χ0v) is 12.9. The molecule has 0 saturated heterocycles. The van der Waals surface area contributed by atoms with Crippen molar-refractivity contribution in [2.75, 3.05) is 26.7 Å². The molecule has 0 amide bonds. The van der Waals surface area contributed by atoms with Crippen molar-refractivity contribution in [1.82, 2.24) is 0 Å². The molecule has 0 fully saturated rings. The molecule has 0 spiro atoms. The Balaban J connectivity index is 3.90. The molecule has 0 radical (unpaired) electrons. The van der Waals surface area contributed by atoms with Gasteiger partial charge in [0.05, 0.1) is 26.7 Å². The van der Waals surface area contributed by atoms with Crippen molar-refractivity contribution in [2.45, 2.75) is 78.6 Å². The molecule has 1 nitrogen and oxygen atoms in total. The van der Waals surface area contributed by atoms with E-state index in [-0.39, 0.29) is 0 Å². The maximum absolute atomic E-state index is 2.48. The molecule has 0 aliphatic carbocycles. The number of unbranched alkanes of at least 4 members (excludes halogenated alkanes) is 6. The second-order valence-corrected chi connectivity index (χ2v) is 5.91. The molecule has 1 atom stereocenters. The van der Waals surface area contributed by atoms with Gasteiger partial charge in [-0.2, -0.15) is 0 Å². The molecule has 104 valence electrons. The lowest BCUT2D eigenvalue weighted by Gasteiger charge is -2.35. The van der Waals surface area contributed by atoms with E-state index in [0.29, 0.717) is 0 Å². The van der Waals surface area contributed by atoms with Crippen molar-refractivity contribution in [3.05, 3.63) is 0 Å².